The predicted octanol–water partition coefficient (Wildman–Crippen LogP) is 5.33. The van der Waals surface area contributed by atoms with Crippen LogP contribution in [0.5, 0.6) is 0 Å². The zero-order valence-electron chi connectivity index (χ0n) is 22.4. The van der Waals surface area contributed by atoms with Gasteiger partial charge in [-0.25, -0.2) is 9.78 Å². The molecule has 2 aliphatic rings. The number of amides is 2. The molecule has 11 heteroatoms. The quantitative estimate of drug-likeness (QED) is 0.192. The van der Waals surface area contributed by atoms with Crippen molar-refractivity contribution in [3.63, 3.8) is 0 Å². The number of carbonyl (C=O) groups is 3. The van der Waals surface area contributed by atoms with Gasteiger partial charge in [-0.15, -0.1) is 34.9 Å². The monoisotopic (exact) mass is 614 g/mol. The summed E-state index contributed by atoms with van der Waals surface area (Å²) in [6.45, 7) is 1.44. The number of hydrogen-bond acceptors (Lipinski definition) is 8. The van der Waals surface area contributed by atoms with Crippen LogP contribution in [0.25, 0.3) is 0 Å². The lowest BCUT2D eigenvalue weighted by atomic mass is 9.79. The number of aromatic nitrogens is 2. The van der Waals surface area contributed by atoms with E-state index in [1.807, 2.05) is 78.2 Å². The highest BCUT2D eigenvalue weighted by Gasteiger charge is 2.62. The zero-order valence-corrected chi connectivity index (χ0v) is 24.9. The molecule has 212 valence electrons. The number of rotatable bonds is 9. The fourth-order valence-corrected chi connectivity index (χ4v) is 9.65. The van der Waals surface area contributed by atoms with Gasteiger partial charge in [0.2, 0.25) is 11.8 Å². The number of β-lactam (4-membered cyclic amide) rings is 1. The number of hydrogen-bond donors (Lipinski definition) is 2. The van der Waals surface area contributed by atoms with Crippen LogP contribution in [0.2, 0.25) is 0 Å². The van der Waals surface area contributed by atoms with Gasteiger partial charge in [-0.3, -0.25) is 19.5 Å². The molecule has 4 aromatic rings. The number of aliphatic carboxylic acids is 1. The van der Waals surface area contributed by atoms with Crippen LogP contribution in [-0.4, -0.2) is 53.8 Å². The zero-order chi connectivity index (χ0) is 29.3. The minimum Gasteiger partial charge on any atom is -0.477 e. The van der Waals surface area contributed by atoms with Gasteiger partial charge in [0.05, 0.1) is 6.20 Å². The number of thiophene rings is 1. The highest BCUT2D eigenvalue weighted by Crippen LogP contribution is 2.60. The number of carboxylic acids is 1. The molecule has 2 amide bonds. The molecule has 4 heterocycles. The molecule has 2 aromatic heterocycles. The van der Waals surface area contributed by atoms with Crippen LogP contribution in [0.1, 0.15) is 34.8 Å². The van der Waals surface area contributed by atoms with E-state index >= 15 is 0 Å². The number of fused-ring (bicyclic) bond motifs is 1. The van der Waals surface area contributed by atoms with Gasteiger partial charge in [0.25, 0.3) is 0 Å². The van der Waals surface area contributed by atoms with E-state index in [-0.39, 0.29) is 23.3 Å². The molecular weight excluding hydrogens is 589 g/mol. The summed E-state index contributed by atoms with van der Waals surface area (Å²) >= 11 is 4.22. The van der Waals surface area contributed by atoms with Crippen LogP contribution in [0.3, 0.4) is 0 Å². The lowest BCUT2D eigenvalue weighted by molar-refractivity contribution is -0.148. The predicted molar refractivity (Wildman–Crippen MR) is 164 cm³/mol. The second-order valence-corrected chi connectivity index (χ2v) is 13.2. The summed E-state index contributed by atoms with van der Waals surface area (Å²) in [5.74, 6) is -2.65. The molecule has 2 aliphatic heterocycles. The Balaban J connectivity index is 1.62. The van der Waals surface area contributed by atoms with Crippen LogP contribution in [-0.2, 0) is 14.4 Å². The van der Waals surface area contributed by atoms with E-state index < -0.39 is 28.0 Å². The van der Waals surface area contributed by atoms with Crippen molar-refractivity contribution in [3.05, 3.63) is 124 Å². The summed E-state index contributed by atoms with van der Waals surface area (Å²) < 4.78 is 0. The first-order valence-corrected chi connectivity index (χ1v) is 15.9. The van der Waals surface area contributed by atoms with E-state index in [2.05, 4.69) is 15.3 Å². The molecule has 1 saturated heterocycles. The summed E-state index contributed by atoms with van der Waals surface area (Å²) in [5, 5.41) is 16.0. The van der Waals surface area contributed by atoms with Gasteiger partial charge in [-0.05, 0) is 22.6 Å². The minimum atomic E-state index is -1.26. The lowest BCUT2D eigenvalue weighted by Gasteiger charge is -2.57. The average molecular weight is 615 g/mol. The molecule has 8 nitrogen and oxygen atoms in total. The Morgan fingerprint density at radius 2 is 1.74 bits per heavy atom. The Hall–Kier alpha value is -3.93. The van der Waals surface area contributed by atoms with Crippen LogP contribution in [0, 0.1) is 0 Å². The number of carboxylic acid groups (broad SMARTS) is 1. The lowest BCUT2D eigenvalue weighted by Crippen LogP contribution is -2.67. The maximum Gasteiger partial charge on any atom is 0.352 e. The standard InChI is InChI=1S/C31H26N4O4S3/c1-19(36)34-31(26(20-9-4-2-5-10-20)21-11-6-3-7-12-21)22(18-41-24-17-32-14-15-33-24)27(30(38)39)35-28(37)25(29(35)42-31)23-13-8-16-40-23/h2-17,25-26,29H,18H2,1H3,(H,34,36)(H,38,39)/t25?,29-,31?/m1/s1. The third-order valence-corrected chi connectivity index (χ3v) is 10.9. The van der Waals surface area contributed by atoms with Crippen LogP contribution < -0.4 is 5.32 Å². The van der Waals surface area contributed by atoms with Crippen LogP contribution in [0.15, 0.2) is 113 Å². The van der Waals surface area contributed by atoms with Crippen LogP contribution >= 0.6 is 34.9 Å². The Kier molecular flexibility index (Phi) is 7.89. The van der Waals surface area contributed by atoms with Gasteiger partial charge in [-0.1, -0.05) is 66.7 Å². The van der Waals surface area contributed by atoms with Crippen molar-refractivity contribution in [2.24, 2.45) is 0 Å². The van der Waals surface area contributed by atoms with Gasteiger partial charge in [0, 0.05) is 41.4 Å². The van der Waals surface area contributed by atoms with E-state index in [0.717, 1.165) is 16.0 Å². The Labute approximate surface area is 255 Å². The molecule has 2 aromatic carbocycles. The molecule has 2 unspecified atom stereocenters. The normalized spacial score (nSPS) is 21.6. The molecule has 0 bridgehead atoms. The maximum absolute atomic E-state index is 13.7. The van der Waals surface area contributed by atoms with Crippen molar-refractivity contribution >= 4 is 52.6 Å². The SMILES string of the molecule is CC(=O)NC1(C(c2ccccc2)c2ccccc2)S[C@@H]2C(c3cccs3)C(=O)N2C(C(=O)O)=C1CSc1cnccn1. The van der Waals surface area contributed by atoms with E-state index in [4.69, 9.17) is 0 Å². The minimum absolute atomic E-state index is 0.0986. The summed E-state index contributed by atoms with van der Waals surface area (Å²) in [6.07, 6.45) is 4.75. The number of thioether (sulfide) groups is 2. The molecule has 1 fully saturated rings. The number of benzene rings is 2. The van der Waals surface area contributed by atoms with Gasteiger partial charge >= 0.3 is 5.97 Å². The molecule has 2 N–H and O–H groups in total. The van der Waals surface area contributed by atoms with Gasteiger partial charge < -0.3 is 10.4 Å². The van der Waals surface area contributed by atoms with E-state index in [1.165, 1.54) is 46.7 Å². The highest BCUT2D eigenvalue weighted by atomic mass is 32.2. The molecular formula is C31H26N4O4S3. The fourth-order valence-electron chi connectivity index (χ4n) is 5.68. The van der Waals surface area contributed by atoms with E-state index in [0.29, 0.717) is 10.6 Å². The average Bonchev–Trinajstić information content (AvgIpc) is 3.51. The number of nitrogens with one attached hydrogen (secondary N) is 1. The smallest absolute Gasteiger partial charge is 0.352 e. The third-order valence-electron chi connectivity index (χ3n) is 7.32. The summed E-state index contributed by atoms with van der Waals surface area (Å²) in [7, 11) is 0. The largest absolute Gasteiger partial charge is 0.477 e. The first-order valence-electron chi connectivity index (χ1n) is 13.2. The van der Waals surface area contributed by atoms with Gasteiger partial charge in [-0.2, -0.15) is 0 Å². The van der Waals surface area contributed by atoms with Gasteiger partial charge in [0.1, 0.15) is 26.9 Å². The summed E-state index contributed by atoms with van der Waals surface area (Å²) in [4.78, 5) is 49.5. The van der Waals surface area contributed by atoms with Crippen molar-refractivity contribution in [3.8, 4) is 0 Å². The maximum atomic E-state index is 13.7. The van der Waals surface area contributed by atoms with Crippen molar-refractivity contribution in [2.75, 3.05) is 5.75 Å². The van der Waals surface area contributed by atoms with Crippen molar-refractivity contribution in [2.45, 2.75) is 34.0 Å². The molecule has 0 radical (unpaired) electrons. The molecule has 6 rings (SSSR count). The van der Waals surface area contributed by atoms with Crippen molar-refractivity contribution in [1.29, 1.82) is 0 Å². The summed E-state index contributed by atoms with van der Waals surface area (Å²) in [6, 6.07) is 23.3. The second kappa shape index (κ2) is 11.7. The molecule has 3 atom stereocenters. The Morgan fingerprint density at radius 3 is 2.29 bits per heavy atom. The summed E-state index contributed by atoms with van der Waals surface area (Å²) in [5.41, 5.74) is 2.14. The van der Waals surface area contributed by atoms with E-state index in [9.17, 15) is 19.5 Å². The van der Waals surface area contributed by atoms with Gasteiger partial charge in [0.15, 0.2) is 0 Å². The highest BCUT2D eigenvalue weighted by molar-refractivity contribution is 8.02. The van der Waals surface area contributed by atoms with E-state index in [1.54, 1.807) is 18.6 Å². The third kappa shape index (κ3) is 5.01. The Morgan fingerprint density at radius 1 is 1.05 bits per heavy atom. The molecule has 0 spiro atoms. The number of nitrogens with zero attached hydrogens (tertiary/aromatic N) is 3. The first kappa shape index (κ1) is 28.2. The van der Waals surface area contributed by atoms with Crippen molar-refractivity contribution in [1.82, 2.24) is 20.2 Å². The fraction of sp³-hybridized carbons (Fsp3) is 0.194. The Bertz CT molecular complexity index is 1600. The topological polar surface area (TPSA) is 112 Å². The van der Waals surface area contributed by atoms with Crippen LogP contribution in [0.4, 0.5) is 0 Å². The first-order chi connectivity index (χ1) is 20.4. The molecule has 42 heavy (non-hydrogen) atoms. The number of carbonyl (C=O) groups excluding carboxylic acids is 2. The molecule has 0 saturated carbocycles. The second-order valence-electron chi connectivity index (χ2n) is 9.85. The molecule has 0 aliphatic carbocycles. The van der Waals surface area contributed by atoms with Crippen molar-refractivity contribution < 1.29 is 19.5 Å².